The number of rotatable bonds is 6. The summed E-state index contributed by atoms with van der Waals surface area (Å²) in [6.45, 7) is 8.66. The molecule has 0 spiro atoms. The zero-order chi connectivity index (χ0) is 16.5. The predicted octanol–water partition coefficient (Wildman–Crippen LogP) is 0.553. The Bertz CT molecular complexity index is 378. The average molecular weight is 427 g/mol. The second-order valence-electron chi connectivity index (χ2n) is 6.03. The first-order valence-corrected chi connectivity index (χ1v) is 7.19. The van der Waals surface area contributed by atoms with Gasteiger partial charge in [-0.15, -0.1) is 24.0 Å². The molecule has 2 amide bonds. The summed E-state index contributed by atoms with van der Waals surface area (Å²) in [7, 11) is 3.38. The summed E-state index contributed by atoms with van der Waals surface area (Å²) in [6, 6.07) is 0. The van der Waals surface area contributed by atoms with Crippen molar-refractivity contribution in [1.29, 1.82) is 0 Å². The van der Waals surface area contributed by atoms with Gasteiger partial charge in [-0.1, -0.05) is 6.92 Å². The van der Waals surface area contributed by atoms with Gasteiger partial charge in [0.1, 0.15) is 6.54 Å². The minimum atomic E-state index is -0.280. The first kappa shape index (κ1) is 23.2. The van der Waals surface area contributed by atoms with Crippen LogP contribution in [0.2, 0.25) is 0 Å². The van der Waals surface area contributed by atoms with Crippen LogP contribution >= 0.6 is 24.0 Å². The quantitative estimate of drug-likeness (QED) is 0.329. The lowest BCUT2D eigenvalue weighted by Gasteiger charge is -2.20. The molecule has 22 heavy (non-hydrogen) atoms. The van der Waals surface area contributed by atoms with Crippen LogP contribution in [0.25, 0.3) is 0 Å². The molecule has 0 aromatic heterocycles. The largest absolute Gasteiger partial charge is 0.356 e. The Kier molecular flexibility index (Phi) is 12.1. The average Bonchev–Trinajstić information content (AvgIpc) is 2.35. The fourth-order valence-corrected chi connectivity index (χ4v) is 1.34. The van der Waals surface area contributed by atoms with Crippen molar-refractivity contribution in [1.82, 2.24) is 20.9 Å². The van der Waals surface area contributed by atoms with Gasteiger partial charge >= 0.3 is 0 Å². The molecule has 130 valence electrons. The number of guanidine groups is 1. The van der Waals surface area contributed by atoms with Gasteiger partial charge in [0, 0.05) is 26.2 Å². The lowest BCUT2D eigenvalue weighted by atomic mass is 10.1. The Morgan fingerprint density at radius 1 is 1.14 bits per heavy atom. The highest BCUT2D eigenvalue weighted by Gasteiger charge is 2.13. The normalized spacial score (nSPS) is 11.3. The minimum absolute atomic E-state index is 0. The first-order valence-electron chi connectivity index (χ1n) is 7.19. The summed E-state index contributed by atoms with van der Waals surface area (Å²) < 4.78 is 0. The molecule has 0 atom stereocenters. The van der Waals surface area contributed by atoms with E-state index in [0.29, 0.717) is 5.96 Å². The van der Waals surface area contributed by atoms with Crippen molar-refractivity contribution in [2.45, 2.75) is 39.7 Å². The third-order valence-electron chi connectivity index (χ3n) is 2.34. The van der Waals surface area contributed by atoms with Gasteiger partial charge in [0.25, 0.3) is 0 Å². The minimum Gasteiger partial charge on any atom is -0.356 e. The van der Waals surface area contributed by atoms with Gasteiger partial charge in [0.15, 0.2) is 5.96 Å². The molecule has 7 nitrogen and oxygen atoms in total. The van der Waals surface area contributed by atoms with Gasteiger partial charge in [0.2, 0.25) is 11.8 Å². The standard InChI is InChI=1S/C14H29N5O2.HI/c1-7-8-15-13(17-10-12(21)19(5)6)16-9-11(20)18-14(2,3)4;/h7-10H2,1-6H3,(H,18,20)(H2,15,16,17);1H. The fraction of sp³-hybridized carbons (Fsp3) is 0.786. The van der Waals surface area contributed by atoms with E-state index in [2.05, 4.69) is 20.9 Å². The monoisotopic (exact) mass is 427 g/mol. The molecule has 0 radical (unpaired) electrons. The molecule has 3 N–H and O–H groups in total. The van der Waals surface area contributed by atoms with Crippen molar-refractivity contribution >= 4 is 41.8 Å². The molecule has 0 aromatic carbocycles. The number of hydrogen-bond donors (Lipinski definition) is 3. The van der Waals surface area contributed by atoms with Crippen molar-refractivity contribution in [2.75, 3.05) is 33.7 Å². The van der Waals surface area contributed by atoms with Crippen molar-refractivity contribution in [3.63, 3.8) is 0 Å². The second-order valence-corrected chi connectivity index (χ2v) is 6.03. The Labute approximate surface area is 150 Å². The molecule has 0 aliphatic heterocycles. The molecule has 0 saturated heterocycles. The molecule has 0 aliphatic rings. The van der Waals surface area contributed by atoms with Crippen LogP contribution in [0.1, 0.15) is 34.1 Å². The van der Waals surface area contributed by atoms with Crippen molar-refractivity contribution < 1.29 is 9.59 Å². The summed E-state index contributed by atoms with van der Waals surface area (Å²) in [5.41, 5.74) is -0.280. The van der Waals surface area contributed by atoms with E-state index < -0.39 is 0 Å². The maximum absolute atomic E-state index is 11.7. The van der Waals surface area contributed by atoms with Gasteiger partial charge in [-0.25, -0.2) is 4.99 Å². The van der Waals surface area contributed by atoms with Crippen molar-refractivity contribution in [2.24, 2.45) is 4.99 Å². The van der Waals surface area contributed by atoms with E-state index in [9.17, 15) is 9.59 Å². The van der Waals surface area contributed by atoms with Gasteiger partial charge in [-0.2, -0.15) is 0 Å². The van der Waals surface area contributed by atoms with Crippen LogP contribution < -0.4 is 16.0 Å². The third-order valence-corrected chi connectivity index (χ3v) is 2.34. The maximum Gasteiger partial charge on any atom is 0.242 e. The SMILES string of the molecule is CCCNC(=NCC(=O)NC(C)(C)C)NCC(=O)N(C)C.I. The summed E-state index contributed by atoms with van der Waals surface area (Å²) in [6.07, 6.45) is 0.927. The van der Waals surface area contributed by atoms with E-state index in [1.807, 2.05) is 27.7 Å². The smallest absolute Gasteiger partial charge is 0.242 e. The van der Waals surface area contributed by atoms with E-state index in [4.69, 9.17) is 0 Å². The van der Waals surface area contributed by atoms with Crippen LogP contribution in [0.15, 0.2) is 4.99 Å². The van der Waals surface area contributed by atoms with Crippen LogP contribution in [-0.4, -0.2) is 61.9 Å². The number of carbonyl (C=O) groups is 2. The Hall–Kier alpha value is -1.06. The predicted molar refractivity (Wildman–Crippen MR) is 101 cm³/mol. The number of likely N-dealkylation sites (N-methyl/N-ethyl adjacent to an activating group) is 1. The summed E-state index contributed by atoms with van der Waals surface area (Å²) >= 11 is 0. The second kappa shape index (κ2) is 11.5. The highest BCUT2D eigenvalue weighted by Crippen LogP contribution is 1.97. The van der Waals surface area contributed by atoms with Gasteiger partial charge < -0.3 is 20.9 Å². The molecule has 0 aromatic rings. The molecule has 0 saturated carbocycles. The number of carbonyl (C=O) groups excluding carboxylic acids is 2. The van der Waals surface area contributed by atoms with E-state index in [1.54, 1.807) is 14.1 Å². The van der Waals surface area contributed by atoms with E-state index in [-0.39, 0.29) is 54.4 Å². The highest BCUT2D eigenvalue weighted by molar-refractivity contribution is 14.0. The summed E-state index contributed by atoms with van der Waals surface area (Å²) in [5.74, 6) is 0.260. The van der Waals surface area contributed by atoms with Gasteiger partial charge in [-0.3, -0.25) is 9.59 Å². The Morgan fingerprint density at radius 2 is 1.73 bits per heavy atom. The van der Waals surface area contributed by atoms with Crippen LogP contribution in [-0.2, 0) is 9.59 Å². The fourth-order valence-electron chi connectivity index (χ4n) is 1.34. The molecule has 0 unspecified atom stereocenters. The van der Waals surface area contributed by atoms with Gasteiger partial charge in [0.05, 0.1) is 6.54 Å². The number of nitrogens with one attached hydrogen (secondary N) is 3. The molecule has 8 heteroatoms. The van der Waals surface area contributed by atoms with Crippen molar-refractivity contribution in [3.05, 3.63) is 0 Å². The number of aliphatic imine (C=N–C) groups is 1. The zero-order valence-electron chi connectivity index (χ0n) is 14.4. The zero-order valence-corrected chi connectivity index (χ0v) is 16.8. The first-order chi connectivity index (χ1) is 9.65. The molecular formula is C14H30IN5O2. The van der Waals surface area contributed by atoms with Crippen LogP contribution in [0, 0.1) is 0 Å². The van der Waals surface area contributed by atoms with Crippen LogP contribution in [0.3, 0.4) is 0 Å². The Morgan fingerprint density at radius 3 is 2.18 bits per heavy atom. The van der Waals surface area contributed by atoms with Crippen LogP contribution in [0.4, 0.5) is 0 Å². The number of nitrogens with zero attached hydrogens (tertiary/aromatic N) is 2. The number of hydrogen-bond acceptors (Lipinski definition) is 3. The lowest BCUT2D eigenvalue weighted by Crippen LogP contribution is -2.45. The van der Waals surface area contributed by atoms with Crippen molar-refractivity contribution in [3.8, 4) is 0 Å². The molecule has 0 bridgehead atoms. The molecule has 0 aliphatic carbocycles. The van der Waals surface area contributed by atoms with Crippen LogP contribution in [0.5, 0.6) is 0 Å². The Balaban J connectivity index is 0. The molecule has 0 heterocycles. The summed E-state index contributed by atoms with van der Waals surface area (Å²) in [4.78, 5) is 29.0. The maximum atomic E-state index is 11.7. The number of amides is 2. The van der Waals surface area contributed by atoms with Gasteiger partial charge in [-0.05, 0) is 27.2 Å². The van der Waals surface area contributed by atoms with E-state index >= 15 is 0 Å². The third kappa shape index (κ3) is 12.7. The molecule has 0 fully saturated rings. The summed E-state index contributed by atoms with van der Waals surface area (Å²) in [5, 5.41) is 8.83. The highest BCUT2D eigenvalue weighted by atomic mass is 127. The lowest BCUT2D eigenvalue weighted by molar-refractivity contribution is -0.127. The molecule has 0 rings (SSSR count). The van der Waals surface area contributed by atoms with E-state index in [0.717, 1.165) is 13.0 Å². The molecular weight excluding hydrogens is 397 g/mol. The number of halogens is 1. The van der Waals surface area contributed by atoms with E-state index in [1.165, 1.54) is 4.90 Å². The topological polar surface area (TPSA) is 85.8 Å².